The summed E-state index contributed by atoms with van der Waals surface area (Å²) in [6, 6.07) is 4.59. The summed E-state index contributed by atoms with van der Waals surface area (Å²) in [6.45, 7) is 1.01. The molecule has 0 aromatic heterocycles. The number of nitrogens with zero attached hydrogens (tertiary/aromatic N) is 1. The van der Waals surface area contributed by atoms with Crippen LogP contribution < -0.4 is 5.32 Å². The van der Waals surface area contributed by atoms with Crippen molar-refractivity contribution in [2.24, 2.45) is 0 Å². The van der Waals surface area contributed by atoms with Gasteiger partial charge in [-0.25, -0.2) is 8.42 Å². The number of nitrogens with one attached hydrogen (secondary N) is 1. The molecule has 4 nitrogen and oxygen atoms in total. The molecule has 1 N–H and O–H groups in total. The molecule has 1 atom stereocenters. The monoisotopic (exact) mass is 344 g/mol. The van der Waals surface area contributed by atoms with Crippen LogP contribution in [0.1, 0.15) is 6.42 Å². The fourth-order valence-electron chi connectivity index (χ4n) is 1.97. The molecule has 2 rings (SSSR count). The van der Waals surface area contributed by atoms with E-state index in [2.05, 4.69) is 5.32 Å². The maximum atomic E-state index is 12.4. The molecule has 0 saturated carbocycles. The molecule has 1 aliphatic heterocycles. The molecule has 0 unspecified atom stereocenters. The van der Waals surface area contributed by atoms with Gasteiger partial charge in [-0.15, -0.1) is 12.4 Å². The van der Waals surface area contributed by atoms with Crippen LogP contribution in [0.25, 0.3) is 0 Å². The fraction of sp³-hybridized carbons (Fsp3) is 0.455. The summed E-state index contributed by atoms with van der Waals surface area (Å²) in [4.78, 5) is 0.189. The molecule has 1 saturated heterocycles. The van der Waals surface area contributed by atoms with Crippen LogP contribution in [0.2, 0.25) is 10.0 Å². The summed E-state index contributed by atoms with van der Waals surface area (Å²) < 4.78 is 26.2. The van der Waals surface area contributed by atoms with Crippen LogP contribution in [-0.4, -0.2) is 38.9 Å². The lowest BCUT2D eigenvalue weighted by Gasteiger charge is -2.16. The molecular formula is C11H15Cl3N2O2S. The minimum absolute atomic E-state index is 0. The molecule has 0 bridgehead atoms. The molecule has 1 heterocycles. The highest BCUT2D eigenvalue weighted by atomic mass is 35.5. The van der Waals surface area contributed by atoms with Crippen molar-refractivity contribution in [3.63, 3.8) is 0 Å². The van der Waals surface area contributed by atoms with E-state index in [1.54, 1.807) is 0 Å². The Bertz CT molecular complexity index is 551. The molecule has 0 radical (unpaired) electrons. The fourth-order valence-corrected chi connectivity index (χ4v) is 3.86. The van der Waals surface area contributed by atoms with Gasteiger partial charge < -0.3 is 5.32 Å². The molecule has 0 aliphatic carbocycles. The van der Waals surface area contributed by atoms with Crippen molar-refractivity contribution in [2.75, 3.05) is 20.1 Å². The first-order valence-electron chi connectivity index (χ1n) is 5.57. The van der Waals surface area contributed by atoms with Gasteiger partial charge in [0.15, 0.2) is 0 Å². The zero-order valence-electron chi connectivity index (χ0n) is 10.3. The summed E-state index contributed by atoms with van der Waals surface area (Å²) in [5, 5.41) is 3.69. The Kier molecular flexibility index (Phi) is 5.92. The molecule has 1 aromatic carbocycles. The quantitative estimate of drug-likeness (QED) is 0.915. The Morgan fingerprint density at radius 3 is 2.53 bits per heavy atom. The van der Waals surface area contributed by atoms with Crippen LogP contribution in [0, 0.1) is 0 Å². The van der Waals surface area contributed by atoms with Crippen LogP contribution in [0.15, 0.2) is 23.1 Å². The van der Waals surface area contributed by atoms with Crippen LogP contribution in [-0.2, 0) is 10.0 Å². The van der Waals surface area contributed by atoms with Crippen LogP contribution in [0.3, 0.4) is 0 Å². The molecule has 8 heteroatoms. The smallest absolute Gasteiger partial charge is 0.243 e. The van der Waals surface area contributed by atoms with E-state index in [4.69, 9.17) is 23.2 Å². The number of likely N-dealkylation sites (N-methyl/N-ethyl adjacent to an activating group) is 1. The minimum Gasteiger partial charge on any atom is -0.316 e. The summed E-state index contributed by atoms with van der Waals surface area (Å²) in [6.07, 6.45) is 0.817. The molecule has 0 amide bonds. The second kappa shape index (κ2) is 6.61. The van der Waals surface area contributed by atoms with Crippen molar-refractivity contribution in [1.82, 2.24) is 9.62 Å². The normalized spacial score (nSPS) is 20.3. The van der Waals surface area contributed by atoms with Crippen LogP contribution in [0.4, 0.5) is 0 Å². The van der Waals surface area contributed by atoms with Crippen molar-refractivity contribution in [3.05, 3.63) is 28.2 Å². The zero-order chi connectivity index (χ0) is 13.3. The molecule has 0 spiro atoms. The molecule has 1 aromatic rings. The summed E-state index contributed by atoms with van der Waals surface area (Å²) in [7, 11) is -1.64. The lowest BCUT2D eigenvalue weighted by Crippen LogP contribution is -2.33. The highest BCUT2D eigenvalue weighted by Crippen LogP contribution is 2.27. The van der Waals surface area contributed by atoms with Gasteiger partial charge >= 0.3 is 0 Å². The zero-order valence-corrected chi connectivity index (χ0v) is 13.4. The predicted octanol–water partition coefficient (Wildman–Crippen LogP) is 2.40. The number of hydrogen-bond acceptors (Lipinski definition) is 3. The van der Waals surface area contributed by atoms with Crippen molar-refractivity contribution >= 4 is 45.6 Å². The van der Waals surface area contributed by atoms with E-state index in [0.717, 1.165) is 6.42 Å². The highest BCUT2D eigenvalue weighted by molar-refractivity contribution is 7.89. The lowest BCUT2D eigenvalue weighted by molar-refractivity contribution is 0.464. The Morgan fingerprint density at radius 1 is 1.32 bits per heavy atom. The van der Waals surface area contributed by atoms with E-state index in [0.29, 0.717) is 18.1 Å². The average molecular weight is 346 g/mol. The first-order valence-corrected chi connectivity index (χ1v) is 7.77. The maximum Gasteiger partial charge on any atom is 0.243 e. The largest absolute Gasteiger partial charge is 0.316 e. The number of rotatable bonds is 3. The van der Waals surface area contributed by atoms with E-state index in [-0.39, 0.29) is 28.4 Å². The van der Waals surface area contributed by atoms with E-state index >= 15 is 0 Å². The molecule has 108 valence electrons. The van der Waals surface area contributed by atoms with E-state index < -0.39 is 10.0 Å². The van der Waals surface area contributed by atoms with E-state index in [9.17, 15) is 8.42 Å². The topological polar surface area (TPSA) is 49.4 Å². The van der Waals surface area contributed by atoms with Crippen molar-refractivity contribution in [2.45, 2.75) is 17.4 Å². The first kappa shape index (κ1) is 17.0. The lowest BCUT2D eigenvalue weighted by atomic mass is 10.3. The van der Waals surface area contributed by atoms with Gasteiger partial charge in [-0.05, 0) is 31.7 Å². The third-order valence-electron chi connectivity index (χ3n) is 3.09. The van der Waals surface area contributed by atoms with E-state index in [1.807, 2.05) is 7.05 Å². The number of halogens is 3. The van der Waals surface area contributed by atoms with Gasteiger partial charge in [0.1, 0.15) is 0 Å². The van der Waals surface area contributed by atoms with E-state index in [1.165, 1.54) is 22.5 Å². The van der Waals surface area contributed by atoms with Gasteiger partial charge in [0.25, 0.3) is 0 Å². The van der Waals surface area contributed by atoms with Crippen molar-refractivity contribution in [1.29, 1.82) is 0 Å². The molecule has 1 aliphatic rings. The second-order valence-electron chi connectivity index (χ2n) is 4.21. The van der Waals surface area contributed by atoms with Gasteiger partial charge in [0, 0.05) is 19.1 Å². The Morgan fingerprint density at radius 2 is 2.00 bits per heavy atom. The Labute approximate surface area is 129 Å². The number of sulfonamides is 1. The average Bonchev–Trinajstić information content (AvgIpc) is 2.81. The summed E-state index contributed by atoms with van der Waals surface area (Å²) in [5.41, 5.74) is 0. The maximum absolute atomic E-state index is 12.4. The second-order valence-corrected chi connectivity index (χ2v) is 6.97. The molecular weight excluding hydrogens is 331 g/mol. The Hall–Kier alpha value is -0.0400. The van der Waals surface area contributed by atoms with Gasteiger partial charge in [-0.1, -0.05) is 23.2 Å². The van der Waals surface area contributed by atoms with Gasteiger partial charge in [0.05, 0.1) is 14.9 Å². The predicted molar refractivity (Wildman–Crippen MR) is 79.9 cm³/mol. The van der Waals surface area contributed by atoms with Gasteiger partial charge in [-0.3, -0.25) is 0 Å². The number of benzene rings is 1. The number of hydrogen-bond donors (Lipinski definition) is 1. The van der Waals surface area contributed by atoms with Gasteiger partial charge in [-0.2, -0.15) is 4.31 Å². The van der Waals surface area contributed by atoms with Crippen molar-refractivity contribution < 1.29 is 8.42 Å². The molecule has 1 fully saturated rings. The van der Waals surface area contributed by atoms with Crippen LogP contribution >= 0.6 is 35.6 Å². The SMILES string of the molecule is CN[C@H]1CCN(S(=O)(=O)c2ccc(Cl)c(Cl)c2)C1.Cl. The summed E-state index contributed by atoms with van der Waals surface area (Å²) in [5.74, 6) is 0. The summed E-state index contributed by atoms with van der Waals surface area (Å²) >= 11 is 11.6. The molecule has 19 heavy (non-hydrogen) atoms. The Balaban J connectivity index is 0.00000180. The van der Waals surface area contributed by atoms with Crippen molar-refractivity contribution in [3.8, 4) is 0 Å². The third-order valence-corrected chi connectivity index (χ3v) is 5.69. The first-order chi connectivity index (χ1) is 8.45. The highest BCUT2D eigenvalue weighted by Gasteiger charge is 2.31. The minimum atomic E-state index is -3.47. The van der Waals surface area contributed by atoms with Gasteiger partial charge in [0.2, 0.25) is 10.0 Å². The standard InChI is InChI=1S/C11H14Cl2N2O2S.ClH/c1-14-8-4-5-15(7-8)18(16,17)9-2-3-10(12)11(13)6-9;/h2-3,6,8,14H,4-5,7H2,1H3;1H/t8-;/m0./s1. The third kappa shape index (κ3) is 3.54. The van der Waals surface area contributed by atoms with Crippen LogP contribution in [0.5, 0.6) is 0 Å².